The summed E-state index contributed by atoms with van der Waals surface area (Å²) in [4.78, 5) is 0. The molecule has 0 saturated carbocycles. The molecule has 0 aliphatic carbocycles. The lowest BCUT2D eigenvalue weighted by Crippen LogP contribution is -2.16. The highest BCUT2D eigenvalue weighted by molar-refractivity contribution is 6.32. The normalized spacial score (nSPS) is 14.0. The second-order valence-electron chi connectivity index (χ2n) is 3.46. The molecule has 1 heterocycles. The second kappa shape index (κ2) is 4.73. The molecule has 0 amide bonds. The molecule has 0 saturated heterocycles. The fourth-order valence-electron chi connectivity index (χ4n) is 1.58. The van der Waals surface area contributed by atoms with Crippen LogP contribution in [0, 0.1) is 0 Å². The summed E-state index contributed by atoms with van der Waals surface area (Å²) in [7, 11) is 1.93. The molecule has 1 aromatic carbocycles. The molecule has 0 spiro atoms. The third-order valence-electron chi connectivity index (χ3n) is 2.32. The third-order valence-corrected chi connectivity index (χ3v) is 2.60. The maximum Gasteiger partial charge on any atom is 0.179 e. The van der Waals surface area contributed by atoms with Crippen LogP contribution >= 0.6 is 11.6 Å². The Balaban J connectivity index is 2.24. The number of hydrogen-bond donors (Lipinski definition) is 1. The van der Waals surface area contributed by atoms with Gasteiger partial charge in [0.1, 0.15) is 13.2 Å². The van der Waals surface area contributed by atoms with E-state index in [0.717, 1.165) is 18.7 Å². The molecule has 4 heteroatoms. The Morgan fingerprint density at radius 2 is 2.13 bits per heavy atom. The van der Waals surface area contributed by atoms with Crippen LogP contribution in [0.3, 0.4) is 0 Å². The second-order valence-corrected chi connectivity index (χ2v) is 3.86. The molecular formula is C11H14ClNO2. The van der Waals surface area contributed by atoms with E-state index < -0.39 is 0 Å². The fraction of sp³-hybridized carbons (Fsp3) is 0.455. The number of hydrogen-bond acceptors (Lipinski definition) is 3. The molecule has 2 rings (SSSR count). The van der Waals surface area contributed by atoms with Crippen molar-refractivity contribution in [2.45, 2.75) is 6.42 Å². The molecule has 3 nitrogen and oxygen atoms in total. The van der Waals surface area contributed by atoms with Gasteiger partial charge in [-0.05, 0) is 37.7 Å². The van der Waals surface area contributed by atoms with E-state index in [2.05, 4.69) is 5.32 Å². The Hall–Kier alpha value is -0.930. The molecule has 1 N–H and O–H groups in total. The van der Waals surface area contributed by atoms with E-state index in [0.29, 0.717) is 24.0 Å². The molecule has 0 atom stereocenters. The number of ether oxygens (including phenoxy) is 2. The van der Waals surface area contributed by atoms with E-state index >= 15 is 0 Å². The number of halogens is 1. The van der Waals surface area contributed by atoms with Crippen molar-refractivity contribution >= 4 is 11.6 Å². The molecule has 0 unspecified atom stereocenters. The molecule has 0 fully saturated rings. The highest BCUT2D eigenvalue weighted by atomic mass is 35.5. The van der Waals surface area contributed by atoms with Crippen molar-refractivity contribution in [2.24, 2.45) is 0 Å². The maximum absolute atomic E-state index is 6.10. The van der Waals surface area contributed by atoms with Crippen LogP contribution in [0.4, 0.5) is 0 Å². The first kappa shape index (κ1) is 10.6. The number of rotatable bonds is 3. The average molecular weight is 228 g/mol. The Morgan fingerprint density at radius 3 is 2.93 bits per heavy atom. The summed E-state index contributed by atoms with van der Waals surface area (Å²) in [5, 5.41) is 3.74. The highest BCUT2D eigenvalue weighted by Gasteiger charge is 2.16. The minimum atomic E-state index is 0.572. The first-order valence-electron chi connectivity index (χ1n) is 5.04. The molecule has 15 heavy (non-hydrogen) atoms. The lowest BCUT2D eigenvalue weighted by molar-refractivity contribution is 0.171. The average Bonchev–Trinajstić information content (AvgIpc) is 2.26. The highest BCUT2D eigenvalue weighted by Crippen LogP contribution is 2.38. The van der Waals surface area contributed by atoms with Crippen LogP contribution in [0.25, 0.3) is 0 Å². The van der Waals surface area contributed by atoms with Crippen molar-refractivity contribution in [1.29, 1.82) is 0 Å². The number of likely N-dealkylation sites (N-methyl/N-ethyl adjacent to an activating group) is 1. The topological polar surface area (TPSA) is 30.5 Å². The Labute approximate surface area is 94.3 Å². The fourth-order valence-corrected chi connectivity index (χ4v) is 1.87. The van der Waals surface area contributed by atoms with Crippen molar-refractivity contribution in [2.75, 3.05) is 26.8 Å². The first-order chi connectivity index (χ1) is 7.31. The van der Waals surface area contributed by atoms with Crippen LogP contribution in [-0.4, -0.2) is 26.8 Å². The van der Waals surface area contributed by atoms with Gasteiger partial charge in [-0.1, -0.05) is 11.6 Å². The van der Waals surface area contributed by atoms with E-state index in [1.165, 1.54) is 5.56 Å². The zero-order chi connectivity index (χ0) is 10.7. The zero-order valence-electron chi connectivity index (χ0n) is 8.68. The Bertz CT molecular complexity index is 355. The van der Waals surface area contributed by atoms with Gasteiger partial charge in [0.2, 0.25) is 0 Å². The summed E-state index contributed by atoms with van der Waals surface area (Å²) < 4.78 is 10.9. The monoisotopic (exact) mass is 227 g/mol. The van der Waals surface area contributed by atoms with Crippen LogP contribution in [0.15, 0.2) is 12.1 Å². The summed E-state index contributed by atoms with van der Waals surface area (Å²) >= 11 is 6.10. The van der Waals surface area contributed by atoms with Gasteiger partial charge in [0.25, 0.3) is 0 Å². The number of fused-ring (bicyclic) bond motifs is 1. The smallest absolute Gasteiger partial charge is 0.179 e. The van der Waals surface area contributed by atoms with Gasteiger partial charge in [-0.2, -0.15) is 0 Å². The van der Waals surface area contributed by atoms with Crippen LogP contribution in [0.2, 0.25) is 5.02 Å². The lowest BCUT2D eigenvalue weighted by atomic mass is 10.1. The van der Waals surface area contributed by atoms with Crippen LogP contribution < -0.4 is 14.8 Å². The number of benzene rings is 1. The van der Waals surface area contributed by atoms with Gasteiger partial charge >= 0.3 is 0 Å². The molecule has 0 aromatic heterocycles. The summed E-state index contributed by atoms with van der Waals surface area (Å²) in [6.07, 6.45) is 0.937. The molecule has 0 bridgehead atoms. The minimum absolute atomic E-state index is 0.572. The van der Waals surface area contributed by atoms with E-state index in [9.17, 15) is 0 Å². The van der Waals surface area contributed by atoms with E-state index in [4.69, 9.17) is 21.1 Å². The summed E-state index contributed by atoms with van der Waals surface area (Å²) in [5.41, 5.74) is 1.17. The van der Waals surface area contributed by atoms with Crippen molar-refractivity contribution in [3.05, 3.63) is 22.7 Å². The standard InChI is InChI=1S/C11H14ClNO2/c1-13-3-2-8-6-9(12)11-10(7-8)14-4-5-15-11/h6-7,13H,2-5H2,1H3. The quantitative estimate of drug-likeness (QED) is 0.855. The van der Waals surface area contributed by atoms with Crippen molar-refractivity contribution in [3.63, 3.8) is 0 Å². The van der Waals surface area contributed by atoms with Gasteiger partial charge in [-0.3, -0.25) is 0 Å². The zero-order valence-corrected chi connectivity index (χ0v) is 9.43. The lowest BCUT2D eigenvalue weighted by Gasteiger charge is -2.20. The molecular weight excluding hydrogens is 214 g/mol. The van der Waals surface area contributed by atoms with E-state index in [1.54, 1.807) is 0 Å². The van der Waals surface area contributed by atoms with E-state index in [-0.39, 0.29) is 0 Å². The van der Waals surface area contributed by atoms with Crippen molar-refractivity contribution in [3.8, 4) is 11.5 Å². The summed E-state index contributed by atoms with van der Waals surface area (Å²) in [5.74, 6) is 1.44. The minimum Gasteiger partial charge on any atom is -0.486 e. The first-order valence-corrected chi connectivity index (χ1v) is 5.41. The predicted octanol–water partition coefficient (Wildman–Crippen LogP) is 1.87. The Morgan fingerprint density at radius 1 is 1.33 bits per heavy atom. The van der Waals surface area contributed by atoms with Crippen LogP contribution in [0.5, 0.6) is 11.5 Å². The SMILES string of the molecule is CNCCc1cc(Cl)c2c(c1)OCCO2. The molecule has 1 aliphatic heterocycles. The predicted molar refractivity (Wildman–Crippen MR) is 60.1 cm³/mol. The van der Waals surface area contributed by atoms with Gasteiger partial charge in [0, 0.05) is 0 Å². The van der Waals surface area contributed by atoms with Gasteiger partial charge in [-0.15, -0.1) is 0 Å². The molecule has 0 radical (unpaired) electrons. The van der Waals surface area contributed by atoms with Gasteiger partial charge in [-0.25, -0.2) is 0 Å². The van der Waals surface area contributed by atoms with Crippen molar-refractivity contribution < 1.29 is 9.47 Å². The van der Waals surface area contributed by atoms with Crippen molar-refractivity contribution in [1.82, 2.24) is 5.32 Å². The molecule has 1 aliphatic rings. The van der Waals surface area contributed by atoms with Crippen LogP contribution in [-0.2, 0) is 6.42 Å². The number of nitrogens with one attached hydrogen (secondary N) is 1. The summed E-state index contributed by atoms with van der Waals surface area (Å²) in [6.45, 7) is 2.09. The molecule has 1 aromatic rings. The van der Waals surface area contributed by atoms with Crippen LogP contribution in [0.1, 0.15) is 5.56 Å². The largest absolute Gasteiger partial charge is 0.486 e. The van der Waals surface area contributed by atoms with Gasteiger partial charge < -0.3 is 14.8 Å². The summed E-state index contributed by atoms with van der Waals surface area (Å²) in [6, 6.07) is 3.93. The van der Waals surface area contributed by atoms with E-state index in [1.807, 2.05) is 19.2 Å². The van der Waals surface area contributed by atoms with Gasteiger partial charge in [0.05, 0.1) is 5.02 Å². The van der Waals surface area contributed by atoms with Gasteiger partial charge in [0.15, 0.2) is 11.5 Å². The Kier molecular flexibility index (Phi) is 3.34. The third kappa shape index (κ3) is 2.36. The maximum atomic E-state index is 6.10. The molecule has 82 valence electrons.